The van der Waals surface area contributed by atoms with E-state index in [1.807, 2.05) is 47.1 Å². The number of aromatic amines is 1. The van der Waals surface area contributed by atoms with Gasteiger partial charge < -0.3 is 14.5 Å². The summed E-state index contributed by atoms with van der Waals surface area (Å²) >= 11 is 0. The molecule has 0 spiro atoms. The van der Waals surface area contributed by atoms with Crippen molar-refractivity contribution in [2.24, 2.45) is 0 Å². The number of nitrogens with zero attached hydrogens (tertiary/aromatic N) is 3. The van der Waals surface area contributed by atoms with Crippen LogP contribution >= 0.6 is 0 Å². The molecule has 29 heavy (non-hydrogen) atoms. The Labute approximate surface area is 171 Å². The number of ether oxygens (including phenoxy) is 1. The molecule has 0 saturated carbocycles. The standard InChI is InChI=1S/C22H30N4O3/c1-3-4-12-26(18-8-6-5-7-9-18)20(27)11-10-19-17(2)23-22(24-21(19)28)25-13-15-29-16-14-25/h5-9H,3-4,10-16H2,1-2H3,(H,23,24,28). The normalized spacial score (nSPS) is 14.1. The molecule has 2 heterocycles. The first kappa shape index (κ1) is 21.0. The minimum Gasteiger partial charge on any atom is -0.378 e. The average Bonchev–Trinajstić information content (AvgIpc) is 2.74. The molecule has 1 N–H and O–H groups in total. The predicted octanol–water partition coefficient (Wildman–Crippen LogP) is 2.68. The lowest BCUT2D eigenvalue weighted by Crippen LogP contribution is -2.39. The number of rotatable bonds is 8. The molecule has 0 unspecified atom stereocenters. The number of unbranched alkanes of at least 4 members (excludes halogenated alkanes) is 1. The number of hydrogen-bond acceptors (Lipinski definition) is 5. The van der Waals surface area contributed by atoms with E-state index in [9.17, 15) is 9.59 Å². The summed E-state index contributed by atoms with van der Waals surface area (Å²) in [6.45, 7) is 7.32. The number of benzene rings is 1. The molecule has 3 rings (SSSR count). The van der Waals surface area contributed by atoms with Gasteiger partial charge in [0.05, 0.1) is 13.2 Å². The summed E-state index contributed by atoms with van der Waals surface area (Å²) in [5.41, 5.74) is 2.01. The largest absolute Gasteiger partial charge is 0.378 e. The fourth-order valence-electron chi connectivity index (χ4n) is 3.50. The summed E-state index contributed by atoms with van der Waals surface area (Å²) in [7, 11) is 0. The first-order valence-corrected chi connectivity index (χ1v) is 10.4. The number of nitrogens with one attached hydrogen (secondary N) is 1. The van der Waals surface area contributed by atoms with E-state index in [4.69, 9.17) is 4.74 Å². The van der Waals surface area contributed by atoms with Crippen molar-refractivity contribution in [2.45, 2.75) is 39.5 Å². The second-order valence-electron chi connectivity index (χ2n) is 7.29. The van der Waals surface area contributed by atoms with Crippen LogP contribution in [0, 0.1) is 6.92 Å². The Morgan fingerprint density at radius 1 is 1.24 bits per heavy atom. The van der Waals surface area contributed by atoms with E-state index in [1.54, 1.807) is 0 Å². The number of hydrogen-bond donors (Lipinski definition) is 1. The molecular weight excluding hydrogens is 368 g/mol. The van der Waals surface area contributed by atoms with Crippen LogP contribution in [0.15, 0.2) is 35.1 Å². The van der Waals surface area contributed by atoms with Gasteiger partial charge in [0.2, 0.25) is 11.9 Å². The van der Waals surface area contributed by atoms with Gasteiger partial charge in [-0.3, -0.25) is 14.6 Å². The van der Waals surface area contributed by atoms with Gasteiger partial charge in [-0.05, 0) is 31.9 Å². The number of aryl methyl sites for hydroxylation is 1. The summed E-state index contributed by atoms with van der Waals surface area (Å²) in [5, 5.41) is 0. The van der Waals surface area contributed by atoms with Gasteiger partial charge in [0.25, 0.3) is 5.56 Å². The van der Waals surface area contributed by atoms with Gasteiger partial charge in [-0.1, -0.05) is 31.5 Å². The third kappa shape index (κ3) is 5.44. The minimum absolute atomic E-state index is 0.0284. The SMILES string of the molecule is CCCCN(C(=O)CCc1c(C)nc(N2CCOCC2)[nH]c1=O)c1ccccc1. The Bertz CT molecular complexity index is 860. The van der Waals surface area contributed by atoms with E-state index >= 15 is 0 Å². The molecule has 1 amide bonds. The minimum atomic E-state index is -0.161. The van der Waals surface area contributed by atoms with E-state index in [1.165, 1.54) is 0 Å². The van der Waals surface area contributed by atoms with Gasteiger partial charge in [-0.2, -0.15) is 0 Å². The maximum Gasteiger partial charge on any atom is 0.255 e. The molecule has 156 valence electrons. The Kier molecular flexibility index (Phi) is 7.41. The van der Waals surface area contributed by atoms with Crippen molar-refractivity contribution in [3.63, 3.8) is 0 Å². The smallest absolute Gasteiger partial charge is 0.255 e. The average molecular weight is 399 g/mol. The zero-order valence-electron chi connectivity index (χ0n) is 17.3. The highest BCUT2D eigenvalue weighted by molar-refractivity contribution is 5.93. The molecule has 7 heteroatoms. The topological polar surface area (TPSA) is 78.5 Å². The van der Waals surface area contributed by atoms with Crippen LogP contribution in [-0.2, 0) is 16.0 Å². The highest BCUT2D eigenvalue weighted by atomic mass is 16.5. The summed E-state index contributed by atoms with van der Waals surface area (Å²) in [6, 6.07) is 9.71. The fourth-order valence-corrected chi connectivity index (χ4v) is 3.50. The number of carbonyl (C=O) groups excluding carboxylic acids is 1. The molecule has 1 saturated heterocycles. The molecule has 0 radical (unpaired) electrons. The summed E-state index contributed by atoms with van der Waals surface area (Å²) < 4.78 is 5.35. The number of H-pyrrole nitrogens is 1. The number of carbonyl (C=O) groups is 1. The summed E-state index contributed by atoms with van der Waals surface area (Å²) in [5.74, 6) is 0.612. The molecule has 1 aliphatic rings. The maximum atomic E-state index is 12.9. The number of para-hydroxylation sites is 1. The monoisotopic (exact) mass is 398 g/mol. The van der Waals surface area contributed by atoms with Gasteiger partial charge >= 0.3 is 0 Å². The second-order valence-corrected chi connectivity index (χ2v) is 7.29. The van der Waals surface area contributed by atoms with Crippen molar-refractivity contribution >= 4 is 17.5 Å². The lowest BCUT2D eigenvalue weighted by molar-refractivity contribution is -0.118. The Morgan fingerprint density at radius 2 is 1.97 bits per heavy atom. The molecule has 7 nitrogen and oxygen atoms in total. The van der Waals surface area contributed by atoms with Gasteiger partial charge in [0.15, 0.2) is 0 Å². The lowest BCUT2D eigenvalue weighted by Gasteiger charge is -2.27. The van der Waals surface area contributed by atoms with Crippen LogP contribution in [0.5, 0.6) is 0 Å². The van der Waals surface area contributed by atoms with Crippen LogP contribution in [0.2, 0.25) is 0 Å². The van der Waals surface area contributed by atoms with Crippen LogP contribution in [0.4, 0.5) is 11.6 Å². The quantitative estimate of drug-likeness (QED) is 0.740. The molecule has 0 bridgehead atoms. The zero-order chi connectivity index (χ0) is 20.6. The molecule has 1 aromatic carbocycles. The van der Waals surface area contributed by atoms with E-state index < -0.39 is 0 Å². The molecule has 2 aromatic rings. The van der Waals surface area contributed by atoms with Crippen LogP contribution < -0.4 is 15.4 Å². The van der Waals surface area contributed by atoms with Crippen LogP contribution in [-0.4, -0.2) is 48.7 Å². The highest BCUT2D eigenvalue weighted by Crippen LogP contribution is 2.17. The molecule has 0 aliphatic carbocycles. The first-order valence-electron chi connectivity index (χ1n) is 10.4. The Balaban J connectivity index is 1.70. The van der Waals surface area contributed by atoms with E-state index in [2.05, 4.69) is 16.9 Å². The lowest BCUT2D eigenvalue weighted by atomic mass is 10.1. The Morgan fingerprint density at radius 3 is 2.62 bits per heavy atom. The van der Waals surface area contributed by atoms with E-state index in [0.717, 1.165) is 18.5 Å². The van der Waals surface area contributed by atoms with Crippen molar-refractivity contribution in [3.05, 3.63) is 51.9 Å². The molecule has 1 aliphatic heterocycles. The van der Waals surface area contributed by atoms with Crippen LogP contribution in [0.25, 0.3) is 0 Å². The predicted molar refractivity (Wildman–Crippen MR) is 115 cm³/mol. The number of morpholine rings is 1. The Hall–Kier alpha value is -2.67. The highest BCUT2D eigenvalue weighted by Gasteiger charge is 2.19. The van der Waals surface area contributed by atoms with E-state index in [-0.39, 0.29) is 17.9 Å². The second kappa shape index (κ2) is 10.2. The number of anilines is 2. The van der Waals surface area contributed by atoms with Crippen molar-refractivity contribution in [1.29, 1.82) is 0 Å². The van der Waals surface area contributed by atoms with Crippen molar-refractivity contribution in [3.8, 4) is 0 Å². The molecule has 0 atom stereocenters. The summed E-state index contributed by atoms with van der Waals surface area (Å²) in [4.78, 5) is 36.9. The third-order valence-electron chi connectivity index (χ3n) is 5.21. The first-order chi connectivity index (χ1) is 14.1. The number of aromatic nitrogens is 2. The van der Waals surface area contributed by atoms with Crippen LogP contribution in [0.1, 0.15) is 37.4 Å². The van der Waals surface area contributed by atoms with Gasteiger partial charge in [-0.15, -0.1) is 0 Å². The van der Waals surface area contributed by atoms with Crippen molar-refractivity contribution in [1.82, 2.24) is 9.97 Å². The van der Waals surface area contributed by atoms with Crippen molar-refractivity contribution < 1.29 is 9.53 Å². The third-order valence-corrected chi connectivity index (χ3v) is 5.21. The van der Waals surface area contributed by atoms with E-state index in [0.29, 0.717) is 56.5 Å². The van der Waals surface area contributed by atoms with Crippen molar-refractivity contribution in [2.75, 3.05) is 42.6 Å². The van der Waals surface area contributed by atoms with Gasteiger partial charge in [-0.25, -0.2) is 4.98 Å². The number of amides is 1. The molecule has 1 aromatic heterocycles. The zero-order valence-corrected chi connectivity index (χ0v) is 17.3. The summed E-state index contributed by atoms with van der Waals surface area (Å²) in [6.07, 6.45) is 2.62. The van der Waals surface area contributed by atoms with Gasteiger partial charge in [0.1, 0.15) is 0 Å². The van der Waals surface area contributed by atoms with Gasteiger partial charge in [0, 0.05) is 43.0 Å². The molecule has 1 fully saturated rings. The fraction of sp³-hybridized carbons (Fsp3) is 0.500. The van der Waals surface area contributed by atoms with Crippen LogP contribution in [0.3, 0.4) is 0 Å². The molecular formula is C22H30N4O3. The maximum absolute atomic E-state index is 12.9.